The second-order valence-corrected chi connectivity index (χ2v) is 5.57. The van der Waals surface area contributed by atoms with Gasteiger partial charge in [-0.05, 0) is 32.3 Å². The zero-order chi connectivity index (χ0) is 16.3. The third-order valence-electron chi connectivity index (χ3n) is 4.13. The Morgan fingerprint density at radius 2 is 1.36 bits per heavy atom. The second-order valence-electron chi connectivity index (χ2n) is 5.57. The minimum absolute atomic E-state index is 0.0205. The predicted molar refractivity (Wildman–Crippen MR) is 88.3 cm³/mol. The summed E-state index contributed by atoms with van der Waals surface area (Å²) in [5.41, 5.74) is 4.30. The fraction of sp³-hybridized carbons (Fsp3) is 0.368. The Morgan fingerprint density at radius 1 is 0.909 bits per heavy atom. The quantitative estimate of drug-likeness (QED) is 0.897. The van der Waals surface area contributed by atoms with Gasteiger partial charge in [0.05, 0.1) is 0 Å². The first kappa shape index (κ1) is 16.2. The van der Waals surface area contributed by atoms with Gasteiger partial charge >= 0.3 is 0 Å². The van der Waals surface area contributed by atoms with Crippen molar-refractivity contribution in [2.75, 3.05) is 0 Å². The maximum absolute atomic E-state index is 12.3. The Balaban J connectivity index is 2.73. The van der Waals surface area contributed by atoms with Crippen LogP contribution < -0.4 is 5.32 Å². The molecule has 116 valence electrons. The van der Waals surface area contributed by atoms with E-state index in [0.717, 1.165) is 40.9 Å². The highest BCUT2D eigenvalue weighted by Gasteiger charge is 2.34. The molecule has 1 aromatic carbocycles. The summed E-state index contributed by atoms with van der Waals surface area (Å²) < 4.78 is 0. The molecule has 3 heteroatoms. The normalized spacial score (nSPS) is 15.8. The summed E-state index contributed by atoms with van der Waals surface area (Å²) in [7, 11) is 0. The van der Waals surface area contributed by atoms with Crippen LogP contribution in [-0.4, -0.2) is 11.6 Å². The molecule has 0 spiro atoms. The molecule has 3 nitrogen and oxygen atoms in total. The predicted octanol–water partition coefficient (Wildman–Crippen LogP) is 3.88. The summed E-state index contributed by atoms with van der Waals surface area (Å²) in [5, 5.41) is 3.33. The number of Topliss-reactive ketones (excluding diaryl/α,β-unsaturated/α-hetero) is 2. The highest BCUT2D eigenvalue weighted by Crippen LogP contribution is 2.40. The molecule has 0 saturated heterocycles. The highest BCUT2D eigenvalue weighted by molar-refractivity contribution is 6.03. The van der Waals surface area contributed by atoms with Crippen LogP contribution in [0.25, 0.3) is 0 Å². The van der Waals surface area contributed by atoms with Gasteiger partial charge in [-0.3, -0.25) is 9.59 Å². The maximum atomic E-state index is 12.3. The van der Waals surface area contributed by atoms with Gasteiger partial charge in [0.25, 0.3) is 0 Å². The minimum Gasteiger partial charge on any atom is -0.362 e. The van der Waals surface area contributed by atoms with Gasteiger partial charge in [0.15, 0.2) is 11.6 Å². The first-order valence-corrected chi connectivity index (χ1v) is 7.81. The molecule has 1 N–H and O–H groups in total. The van der Waals surface area contributed by atoms with Gasteiger partial charge in [-0.1, -0.05) is 44.2 Å². The van der Waals surface area contributed by atoms with E-state index in [1.807, 2.05) is 44.2 Å². The van der Waals surface area contributed by atoms with Crippen molar-refractivity contribution in [2.24, 2.45) is 0 Å². The third-order valence-corrected chi connectivity index (χ3v) is 4.13. The van der Waals surface area contributed by atoms with Gasteiger partial charge in [-0.15, -0.1) is 0 Å². The number of nitrogens with one attached hydrogen (secondary N) is 1. The van der Waals surface area contributed by atoms with Crippen LogP contribution in [-0.2, 0) is 9.59 Å². The van der Waals surface area contributed by atoms with Crippen molar-refractivity contribution in [1.82, 2.24) is 5.32 Å². The molecule has 0 amide bonds. The largest absolute Gasteiger partial charge is 0.362 e. The summed E-state index contributed by atoms with van der Waals surface area (Å²) in [6.07, 6.45) is 1.49. The molecule has 0 fully saturated rings. The molecule has 1 aliphatic heterocycles. The number of allylic oxidation sites excluding steroid dienone is 4. The van der Waals surface area contributed by atoms with E-state index in [-0.39, 0.29) is 17.5 Å². The van der Waals surface area contributed by atoms with E-state index >= 15 is 0 Å². The third kappa shape index (κ3) is 2.89. The molecule has 22 heavy (non-hydrogen) atoms. The van der Waals surface area contributed by atoms with Crippen LogP contribution in [0.5, 0.6) is 0 Å². The summed E-state index contributed by atoms with van der Waals surface area (Å²) in [6.45, 7) is 7.22. The van der Waals surface area contributed by atoms with Gasteiger partial charge < -0.3 is 5.32 Å². The number of rotatable bonds is 5. The molecule has 1 heterocycles. The van der Waals surface area contributed by atoms with Crippen LogP contribution in [0, 0.1) is 0 Å². The number of dihydropyridines is 1. The van der Waals surface area contributed by atoms with Gasteiger partial charge in [0.2, 0.25) is 0 Å². The van der Waals surface area contributed by atoms with Gasteiger partial charge in [-0.25, -0.2) is 0 Å². The molecule has 2 rings (SSSR count). The maximum Gasteiger partial charge on any atom is 0.158 e. The fourth-order valence-corrected chi connectivity index (χ4v) is 3.18. The Morgan fingerprint density at radius 3 is 1.73 bits per heavy atom. The number of carbonyl (C=O) groups is 2. The van der Waals surface area contributed by atoms with Crippen molar-refractivity contribution >= 4 is 11.6 Å². The van der Waals surface area contributed by atoms with E-state index < -0.39 is 0 Å². The Bertz CT molecular complexity index is 615. The average Bonchev–Trinajstić information content (AvgIpc) is 2.53. The smallest absolute Gasteiger partial charge is 0.158 e. The molecule has 1 aromatic rings. The molecule has 1 aliphatic rings. The highest BCUT2D eigenvalue weighted by atomic mass is 16.1. The zero-order valence-corrected chi connectivity index (χ0v) is 13.7. The lowest BCUT2D eigenvalue weighted by Gasteiger charge is -2.32. The van der Waals surface area contributed by atoms with Crippen LogP contribution in [0.3, 0.4) is 0 Å². The molecular formula is C19H23NO2. The SMILES string of the molecule is CCC1=C(C(C)=O)C(c2ccccc2)C(C(C)=O)=C(CC)N1. The lowest BCUT2D eigenvalue weighted by Crippen LogP contribution is -2.31. The Hall–Kier alpha value is -2.16. The van der Waals surface area contributed by atoms with Crippen molar-refractivity contribution in [3.63, 3.8) is 0 Å². The monoisotopic (exact) mass is 297 g/mol. The van der Waals surface area contributed by atoms with Crippen LogP contribution in [0.2, 0.25) is 0 Å². The summed E-state index contributed by atoms with van der Waals surface area (Å²) in [4.78, 5) is 24.6. The van der Waals surface area contributed by atoms with Crippen LogP contribution in [0.1, 0.15) is 52.0 Å². The molecule has 0 aromatic heterocycles. The fourth-order valence-electron chi connectivity index (χ4n) is 3.18. The van der Waals surface area contributed by atoms with Crippen molar-refractivity contribution < 1.29 is 9.59 Å². The van der Waals surface area contributed by atoms with E-state index in [9.17, 15) is 9.59 Å². The average molecular weight is 297 g/mol. The van der Waals surface area contributed by atoms with Crippen molar-refractivity contribution in [3.05, 3.63) is 58.4 Å². The lowest BCUT2D eigenvalue weighted by atomic mass is 9.77. The van der Waals surface area contributed by atoms with Crippen LogP contribution >= 0.6 is 0 Å². The molecule has 0 bridgehead atoms. The molecule has 0 aliphatic carbocycles. The number of hydrogen-bond acceptors (Lipinski definition) is 3. The van der Waals surface area contributed by atoms with Gasteiger partial charge in [-0.2, -0.15) is 0 Å². The van der Waals surface area contributed by atoms with E-state index in [0.29, 0.717) is 0 Å². The molecule has 0 radical (unpaired) electrons. The number of carbonyl (C=O) groups excluding carboxylic acids is 2. The summed E-state index contributed by atoms with van der Waals surface area (Å²) >= 11 is 0. The van der Waals surface area contributed by atoms with Crippen LogP contribution in [0.4, 0.5) is 0 Å². The lowest BCUT2D eigenvalue weighted by molar-refractivity contribution is -0.114. The molecule has 0 atom stereocenters. The first-order chi connectivity index (χ1) is 10.5. The number of ketones is 2. The second kappa shape index (κ2) is 6.73. The molecule has 0 saturated carbocycles. The number of benzene rings is 1. The van der Waals surface area contributed by atoms with E-state index in [4.69, 9.17) is 0 Å². The zero-order valence-electron chi connectivity index (χ0n) is 13.7. The first-order valence-electron chi connectivity index (χ1n) is 7.81. The topological polar surface area (TPSA) is 46.2 Å². The Labute approximate surface area is 132 Å². The van der Waals surface area contributed by atoms with Gasteiger partial charge in [0, 0.05) is 28.5 Å². The standard InChI is InChI=1S/C19H23NO2/c1-5-15-17(12(3)21)19(14-10-8-7-9-11-14)18(13(4)22)16(6-2)20-15/h7-11,19-20H,5-6H2,1-4H3. The van der Waals surface area contributed by atoms with E-state index in [1.165, 1.54) is 0 Å². The molecular weight excluding hydrogens is 274 g/mol. The minimum atomic E-state index is -0.262. The van der Waals surface area contributed by atoms with Crippen molar-refractivity contribution in [2.45, 2.75) is 46.5 Å². The summed E-state index contributed by atoms with van der Waals surface area (Å²) in [5.74, 6) is -0.221. The summed E-state index contributed by atoms with van der Waals surface area (Å²) in [6, 6.07) is 9.82. The van der Waals surface area contributed by atoms with E-state index in [1.54, 1.807) is 13.8 Å². The van der Waals surface area contributed by atoms with E-state index in [2.05, 4.69) is 5.32 Å². The molecule has 0 unspecified atom stereocenters. The van der Waals surface area contributed by atoms with Crippen molar-refractivity contribution in [1.29, 1.82) is 0 Å². The van der Waals surface area contributed by atoms with Crippen molar-refractivity contribution in [3.8, 4) is 0 Å². The number of hydrogen-bond donors (Lipinski definition) is 1. The van der Waals surface area contributed by atoms with Crippen LogP contribution in [0.15, 0.2) is 52.9 Å². The van der Waals surface area contributed by atoms with Gasteiger partial charge in [0.1, 0.15) is 0 Å². The Kier molecular flexibility index (Phi) is 4.96.